The molecule has 0 radical (unpaired) electrons. The summed E-state index contributed by atoms with van der Waals surface area (Å²) in [6, 6.07) is 4.81. The Labute approximate surface area is 128 Å². The van der Waals surface area contributed by atoms with Gasteiger partial charge in [-0.05, 0) is 69.5 Å². The monoisotopic (exact) mass is 288 g/mol. The number of hydrogen-bond donors (Lipinski definition) is 2. The molecule has 1 saturated carbocycles. The maximum Gasteiger partial charge on any atom is 0.0732 e. The number of aryl methyl sites for hydroxylation is 1. The number of hydrogen-bond acceptors (Lipinski definition) is 3. The van der Waals surface area contributed by atoms with Crippen LogP contribution in [0, 0.1) is 0 Å². The Balaban J connectivity index is 1.70. The van der Waals surface area contributed by atoms with Crippen LogP contribution < -0.4 is 5.32 Å². The summed E-state index contributed by atoms with van der Waals surface area (Å²) < 4.78 is 0. The zero-order valence-corrected chi connectivity index (χ0v) is 13.1. The summed E-state index contributed by atoms with van der Waals surface area (Å²) in [5, 5.41) is 14.8. The fraction of sp³-hybridized carbons (Fsp3) is 0.722. The number of aromatic nitrogens is 1. The molecule has 1 heterocycles. The van der Waals surface area contributed by atoms with Crippen LogP contribution in [0.25, 0.3) is 0 Å². The molecule has 2 aliphatic rings. The van der Waals surface area contributed by atoms with Crippen LogP contribution in [0.1, 0.15) is 69.0 Å². The molecule has 3 rings (SSSR count). The van der Waals surface area contributed by atoms with E-state index < -0.39 is 5.60 Å². The van der Waals surface area contributed by atoms with Crippen molar-refractivity contribution in [3.63, 3.8) is 0 Å². The van der Waals surface area contributed by atoms with Gasteiger partial charge in [0.1, 0.15) is 0 Å². The second kappa shape index (κ2) is 6.45. The van der Waals surface area contributed by atoms with Crippen LogP contribution >= 0.6 is 0 Å². The van der Waals surface area contributed by atoms with Crippen molar-refractivity contribution in [3.05, 3.63) is 29.6 Å². The number of fused-ring (bicyclic) bond motifs is 1. The minimum Gasteiger partial charge on any atom is -0.389 e. The molecular weight excluding hydrogens is 260 g/mol. The molecule has 1 aromatic rings. The third-order valence-electron chi connectivity index (χ3n) is 5.38. The number of rotatable bonds is 4. The summed E-state index contributed by atoms with van der Waals surface area (Å²) in [4.78, 5) is 4.61. The molecule has 0 aromatic carbocycles. The van der Waals surface area contributed by atoms with Crippen LogP contribution in [0.4, 0.5) is 0 Å². The van der Waals surface area contributed by atoms with Crippen LogP contribution in [0.15, 0.2) is 18.3 Å². The number of pyridine rings is 1. The van der Waals surface area contributed by atoms with Gasteiger partial charge in [-0.25, -0.2) is 0 Å². The standard InChI is InChI=1S/C18H28N2O/c1-2-12-19-15-8-10-18(21,11-9-15)16-7-3-5-14-6-4-13-20-17(14)16/h4,6,13,15-16,19,21H,2-3,5,7-12H2,1H3. The van der Waals surface area contributed by atoms with Crippen LogP contribution in [-0.4, -0.2) is 28.3 Å². The maximum absolute atomic E-state index is 11.2. The Morgan fingerprint density at radius 2 is 2.14 bits per heavy atom. The second-order valence-electron chi connectivity index (χ2n) is 6.82. The van der Waals surface area contributed by atoms with Crippen molar-refractivity contribution in [1.29, 1.82) is 0 Å². The molecule has 0 aliphatic heterocycles. The molecule has 116 valence electrons. The Hall–Kier alpha value is -0.930. The molecule has 0 spiro atoms. The summed E-state index contributed by atoms with van der Waals surface area (Å²) in [6.45, 7) is 3.30. The average Bonchev–Trinajstić information content (AvgIpc) is 2.54. The van der Waals surface area contributed by atoms with Gasteiger partial charge in [-0.1, -0.05) is 13.0 Å². The first kappa shape index (κ1) is 15.0. The Bertz CT molecular complexity index is 466. The van der Waals surface area contributed by atoms with Gasteiger partial charge in [0.2, 0.25) is 0 Å². The van der Waals surface area contributed by atoms with Gasteiger partial charge in [0.15, 0.2) is 0 Å². The van der Waals surface area contributed by atoms with E-state index in [1.165, 1.54) is 24.1 Å². The highest BCUT2D eigenvalue weighted by Gasteiger charge is 2.42. The van der Waals surface area contributed by atoms with Gasteiger partial charge in [0.25, 0.3) is 0 Å². The molecule has 1 unspecified atom stereocenters. The van der Waals surface area contributed by atoms with E-state index >= 15 is 0 Å². The molecule has 0 amide bonds. The minimum atomic E-state index is -0.534. The van der Waals surface area contributed by atoms with E-state index in [-0.39, 0.29) is 5.92 Å². The molecule has 0 bridgehead atoms. The molecule has 1 fully saturated rings. The van der Waals surface area contributed by atoms with E-state index in [4.69, 9.17) is 0 Å². The van der Waals surface area contributed by atoms with E-state index in [9.17, 15) is 5.11 Å². The smallest absolute Gasteiger partial charge is 0.0732 e. The molecule has 3 nitrogen and oxygen atoms in total. The van der Waals surface area contributed by atoms with Crippen LogP contribution in [0.2, 0.25) is 0 Å². The molecule has 2 aliphatic carbocycles. The Kier molecular flexibility index (Phi) is 4.60. The summed E-state index contributed by atoms with van der Waals surface area (Å²) >= 11 is 0. The summed E-state index contributed by atoms with van der Waals surface area (Å²) in [5.74, 6) is 0.245. The van der Waals surface area contributed by atoms with Gasteiger partial charge >= 0.3 is 0 Å². The summed E-state index contributed by atoms with van der Waals surface area (Å²) in [5.41, 5.74) is 1.99. The first-order chi connectivity index (χ1) is 10.2. The fourth-order valence-corrected chi connectivity index (χ4v) is 4.15. The van der Waals surface area contributed by atoms with E-state index in [0.717, 1.165) is 45.1 Å². The second-order valence-corrected chi connectivity index (χ2v) is 6.82. The minimum absolute atomic E-state index is 0.245. The molecule has 1 aromatic heterocycles. The number of nitrogens with one attached hydrogen (secondary N) is 1. The van der Waals surface area contributed by atoms with Crippen molar-refractivity contribution in [2.45, 2.75) is 75.9 Å². The van der Waals surface area contributed by atoms with E-state index in [2.05, 4.69) is 23.3 Å². The Morgan fingerprint density at radius 3 is 2.90 bits per heavy atom. The quantitative estimate of drug-likeness (QED) is 0.894. The zero-order valence-electron chi connectivity index (χ0n) is 13.1. The summed E-state index contributed by atoms with van der Waals surface area (Å²) in [7, 11) is 0. The lowest BCUT2D eigenvalue weighted by Gasteiger charge is -2.43. The molecular formula is C18H28N2O. The predicted octanol–water partition coefficient (Wildman–Crippen LogP) is 3.17. The lowest BCUT2D eigenvalue weighted by Crippen LogP contribution is -2.46. The van der Waals surface area contributed by atoms with Crippen LogP contribution in [0.3, 0.4) is 0 Å². The highest BCUT2D eigenvalue weighted by Crippen LogP contribution is 2.45. The van der Waals surface area contributed by atoms with E-state index in [0.29, 0.717) is 6.04 Å². The zero-order chi connectivity index (χ0) is 14.7. The van der Waals surface area contributed by atoms with Crippen molar-refractivity contribution >= 4 is 0 Å². The van der Waals surface area contributed by atoms with Crippen molar-refractivity contribution in [1.82, 2.24) is 10.3 Å². The topological polar surface area (TPSA) is 45.1 Å². The first-order valence-corrected chi connectivity index (χ1v) is 8.62. The number of aliphatic hydroxyl groups is 1. The third-order valence-corrected chi connectivity index (χ3v) is 5.38. The number of nitrogens with zero attached hydrogens (tertiary/aromatic N) is 1. The van der Waals surface area contributed by atoms with Crippen LogP contribution in [-0.2, 0) is 6.42 Å². The van der Waals surface area contributed by atoms with Gasteiger partial charge in [0.05, 0.1) is 5.60 Å². The molecule has 3 heteroatoms. The van der Waals surface area contributed by atoms with Gasteiger partial charge < -0.3 is 10.4 Å². The molecule has 2 N–H and O–H groups in total. The normalized spacial score (nSPS) is 32.7. The van der Waals surface area contributed by atoms with Crippen LogP contribution in [0.5, 0.6) is 0 Å². The predicted molar refractivity (Wildman–Crippen MR) is 85.4 cm³/mol. The van der Waals surface area contributed by atoms with Crippen molar-refractivity contribution in [2.75, 3.05) is 6.54 Å². The molecule has 21 heavy (non-hydrogen) atoms. The van der Waals surface area contributed by atoms with E-state index in [1.54, 1.807) is 0 Å². The molecule has 0 saturated heterocycles. The third kappa shape index (κ3) is 3.14. The largest absolute Gasteiger partial charge is 0.389 e. The van der Waals surface area contributed by atoms with Crippen molar-refractivity contribution < 1.29 is 5.11 Å². The fourth-order valence-electron chi connectivity index (χ4n) is 4.15. The highest BCUT2D eigenvalue weighted by molar-refractivity contribution is 5.28. The van der Waals surface area contributed by atoms with Gasteiger partial charge in [0, 0.05) is 23.9 Å². The molecule has 1 atom stereocenters. The SMILES string of the molecule is CCCNC1CCC(O)(C2CCCc3cccnc32)CC1. The van der Waals surface area contributed by atoms with E-state index in [1.807, 2.05) is 12.3 Å². The maximum atomic E-state index is 11.2. The van der Waals surface area contributed by atoms with Crippen molar-refractivity contribution in [2.24, 2.45) is 0 Å². The average molecular weight is 288 g/mol. The highest BCUT2D eigenvalue weighted by atomic mass is 16.3. The van der Waals surface area contributed by atoms with Crippen molar-refractivity contribution in [3.8, 4) is 0 Å². The lowest BCUT2D eigenvalue weighted by atomic mass is 9.68. The summed E-state index contributed by atoms with van der Waals surface area (Å²) in [6.07, 6.45) is 10.5. The van der Waals surface area contributed by atoms with Gasteiger partial charge in [-0.2, -0.15) is 0 Å². The Morgan fingerprint density at radius 1 is 1.33 bits per heavy atom. The lowest BCUT2D eigenvalue weighted by molar-refractivity contribution is -0.0337. The van der Waals surface area contributed by atoms with Gasteiger partial charge in [-0.15, -0.1) is 0 Å². The van der Waals surface area contributed by atoms with Gasteiger partial charge in [-0.3, -0.25) is 4.98 Å². The first-order valence-electron chi connectivity index (χ1n) is 8.62.